The third kappa shape index (κ3) is 3.14. The molecule has 0 spiro atoms. The fourth-order valence-corrected chi connectivity index (χ4v) is 4.24. The Hall–Kier alpha value is -0.690. The molecule has 1 aliphatic rings. The number of nitrogens with zero attached hydrogens (tertiary/aromatic N) is 1. The van der Waals surface area contributed by atoms with Gasteiger partial charge in [0.2, 0.25) is 10.0 Å². The van der Waals surface area contributed by atoms with Crippen LogP contribution in [0.4, 0.5) is 4.39 Å². The van der Waals surface area contributed by atoms with E-state index in [4.69, 9.17) is 16.3 Å². The zero-order valence-electron chi connectivity index (χ0n) is 11.2. The van der Waals surface area contributed by atoms with Gasteiger partial charge in [-0.2, -0.15) is 4.31 Å². The van der Waals surface area contributed by atoms with E-state index in [0.717, 1.165) is 6.07 Å². The molecule has 1 aromatic rings. The molecule has 0 aliphatic carbocycles. The van der Waals surface area contributed by atoms with Crippen molar-refractivity contribution in [2.45, 2.75) is 29.7 Å². The second-order valence-corrected chi connectivity index (χ2v) is 6.98. The Morgan fingerprint density at radius 3 is 2.65 bits per heavy atom. The van der Waals surface area contributed by atoms with Crippen LogP contribution < -0.4 is 0 Å². The van der Waals surface area contributed by atoms with Gasteiger partial charge in [0.15, 0.2) is 0 Å². The van der Waals surface area contributed by atoms with E-state index in [2.05, 4.69) is 0 Å². The molecule has 1 fully saturated rings. The summed E-state index contributed by atoms with van der Waals surface area (Å²) >= 11 is 5.76. The molecule has 0 radical (unpaired) electrons. The highest BCUT2D eigenvalue weighted by Gasteiger charge is 2.31. The van der Waals surface area contributed by atoms with E-state index >= 15 is 0 Å². The lowest BCUT2D eigenvalue weighted by Gasteiger charge is -2.30. The van der Waals surface area contributed by atoms with Crippen LogP contribution in [0.2, 0.25) is 0 Å². The maximum absolute atomic E-state index is 13.4. The predicted octanol–water partition coefficient (Wildman–Crippen LogP) is 2.36. The molecule has 1 saturated heterocycles. The van der Waals surface area contributed by atoms with Crippen molar-refractivity contribution in [2.24, 2.45) is 0 Å². The quantitative estimate of drug-likeness (QED) is 0.800. The Balaban J connectivity index is 2.36. The average Bonchev–Trinajstić information content (AvgIpc) is 2.47. The molecule has 2 rings (SSSR count). The van der Waals surface area contributed by atoms with E-state index in [1.165, 1.54) is 23.5 Å². The number of halogens is 2. The van der Waals surface area contributed by atoms with Crippen molar-refractivity contribution >= 4 is 21.6 Å². The zero-order valence-corrected chi connectivity index (χ0v) is 12.8. The van der Waals surface area contributed by atoms with E-state index in [1.54, 1.807) is 0 Å². The molecule has 0 amide bonds. The molecule has 0 atom stereocenters. The molecule has 1 aromatic carbocycles. The van der Waals surface area contributed by atoms with Gasteiger partial charge in [0.05, 0.1) is 4.90 Å². The summed E-state index contributed by atoms with van der Waals surface area (Å²) in [5.41, 5.74) is 0.409. The fourth-order valence-electron chi connectivity index (χ4n) is 2.28. The summed E-state index contributed by atoms with van der Waals surface area (Å²) in [7, 11) is -2.23. The number of benzene rings is 1. The van der Waals surface area contributed by atoms with Gasteiger partial charge in [0.1, 0.15) is 5.82 Å². The zero-order chi connectivity index (χ0) is 14.8. The average molecular weight is 322 g/mol. The van der Waals surface area contributed by atoms with Crippen molar-refractivity contribution in [3.8, 4) is 0 Å². The van der Waals surface area contributed by atoms with Gasteiger partial charge in [-0.3, -0.25) is 0 Å². The molecule has 7 heteroatoms. The molecule has 0 bridgehead atoms. The Morgan fingerprint density at radius 1 is 1.40 bits per heavy atom. The monoisotopic (exact) mass is 321 g/mol. The van der Waals surface area contributed by atoms with E-state index in [9.17, 15) is 12.8 Å². The minimum absolute atomic E-state index is 0.0243. The number of ether oxygens (including phenoxy) is 1. The van der Waals surface area contributed by atoms with Gasteiger partial charge in [-0.1, -0.05) is 6.07 Å². The van der Waals surface area contributed by atoms with Crippen molar-refractivity contribution in [1.82, 2.24) is 4.31 Å². The maximum Gasteiger partial charge on any atom is 0.243 e. The smallest absolute Gasteiger partial charge is 0.243 e. The highest BCUT2D eigenvalue weighted by molar-refractivity contribution is 7.89. The van der Waals surface area contributed by atoms with Gasteiger partial charge < -0.3 is 4.74 Å². The van der Waals surface area contributed by atoms with E-state index in [1.807, 2.05) is 0 Å². The molecule has 1 heterocycles. The number of sulfonamides is 1. The molecule has 0 unspecified atom stereocenters. The largest absolute Gasteiger partial charge is 0.381 e. The standard InChI is InChI=1S/C13H17ClFNO3S/c1-16(12-4-6-19-7-5-12)20(17,18)13-8-11(15)3-2-10(13)9-14/h2-3,8,12H,4-7,9H2,1H3. The van der Waals surface area contributed by atoms with Crippen molar-refractivity contribution in [3.63, 3.8) is 0 Å². The van der Waals surface area contributed by atoms with Gasteiger partial charge >= 0.3 is 0 Å². The Morgan fingerprint density at radius 2 is 2.05 bits per heavy atom. The van der Waals surface area contributed by atoms with Crippen molar-refractivity contribution in [2.75, 3.05) is 20.3 Å². The number of rotatable bonds is 4. The summed E-state index contributed by atoms with van der Waals surface area (Å²) in [5, 5.41) is 0. The number of hydrogen-bond donors (Lipinski definition) is 0. The number of alkyl halides is 1. The second kappa shape index (κ2) is 6.39. The van der Waals surface area contributed by atoms with Crippen molar-refractivity contribution in [1.29, 1.82) is 0 Å². The number of hydrogen-bond acceptors (Lipinski definition) is 3. The van der Waals surface area contributed by atoms with Crippen molar-refractivity contribution in [3.05, 3.63) is 29.6 Å². The molecular formula is C13H17ClFNO3S. The lowest BCUT2D eigenvalue weighted by molar-refractivity contribution is 0.0632. The second-order valence-electron chi connectivity index (χ2n) is 4.75. The van der Waals surface area contributed by atoms with E-state index < -0.39 is 15.8 Å². The Bertz CT molecular complexity index is 573. The van der Waals surface area contributed by atoms with E-state index in [-0.39, 0.29) is 16.8 Å². The van der Waals surface area contributed by atoms with Crippen LogP contribution >= 0.6 is 11.6 Å². The van der Waals surface area contributed by atoms with Crippen LogP contribution in [0, 0.1) is 5.82 Å². The van der Waals surface area contributed by atoms with Crippen LogP contribution in [0.15, 0.2) is 23.1 Å². The van der Waals surface area contributed by atoms with Gasteiger partial charge in [0.25, 0.3) is 0 Å². The van der Waals surface area contributed by atoms with Crippen LogP contribution in [-0.4, -0.2) is 39.0 Å². The lowest BCUT2D eigenvalue weighted by atomic mass is 10.1. The molecule has 0 aromatic heterocycles. The molecule has 1 aliphatic heterocycles. The molecule has 0 saturated carbocycles. The van der Waals surface area contributed by atoms with Crippen LogP contribution in [0.1, 0.15) is 18.4 Å². The molecular weight excluding hydrogens is 305 g/mol. The summed E-state index contributed by atoms with van der Waals surface area (Å²) in [4.78, 5) is -0.0542. The van der Waals surface area contributed by atoms with Crippen molar-refractivity contribution < 1.29 is 17.5 Å². The minimum Gasteiger partial charge on any atom is -0.381 e. The molecule has 20 heavy (non-hydrogen) atoms. The third-order valence-corrected chi connectivity index (χ3v) is 5.82. The maximum atomic E-state index is 13.4. The van der Waals surface area contributed by atoms with Crippen LogP contribution in [0.25, 0.3) is 0 Å². The van der Waals surface area contributed by atoms with Gasteiger partial charge in [-0.25, -0.2) is 12.8 Å². The highest BCUT2D eigenvalue weighted by atomic mass is 35.5. The van der Waals surface area contributed by atoms with Gasteiger partial charge in [0, 0.05) is 32.2 Å². The SMILES string of the molecule is CN(C1CCOCC1)S(=O)(=O)c1cc(F)ccc1CCl. The van der Waals surface area contributed by atoms with Gasteiger partial charge in [-0.05, 0) is 30.5 Å². The lowest BCUT2D eigenvalue weighted by Crippen LogP contribution is -2.40. The summed E-state index contributed by atoms with van der Waals surface area (Å²) in [6.45, 7) is 1.08. The Labute approximate surface area is 123 Å². The predicted molar refractivity (Wildman–Crippen MR) is 74.7 cm³/mol. The summed E-state index contributed by atoms with van der Waals surface area (Å²) in [6.07, 6.45) is 1.28. The minimum atomic E-state index is -3.75. The topological polar surface area (TPSA) is 46.6 Å². The van der Waals surface area contributed by atoms with E-state index in [0.29, 0.717) is 31.6 Å². The Kier molecular flexibility index (Phi) is 5.01. The summed E-state index contributed by atoms with van der Waals surface area (Å²) in [6, 6.07) is 3.53. The first-order valence-corrected chi connectivity index (χ1v) is 8.34. The molecule has 112 valence electrons. The molecule has 0 N–H and O–H groups in total. The molecule has 4 nitrogen and oxygen atoms in total. The van der Waals surface area contributed by atoms with Crippen LogP contribution in [-0.2, 0) is 20.6 Å². The summed E-state index contributed by atoms with van der Waals surface area (Å²) in [5.74, 6) is -0.561. The van der Waals surface area contributed by atoms with Gasteiger partial charge in [-0.15, -0.1) is 11.6 Å². The van der Waals surface area contributed by atoms with Crippen LogP contribution in [0.3, 0.4) is 0 Å². The fraction of sp³-hybridized carbons (Fsp3) is 0.538. The first kappa shape index (κ1) is 15.7. The normalized spacial score (nSPS) is 17.6. The highest BCUT2D eigenvalue weighted by Crippen LogP contribution is 2.26. The summed E-state index contributed by atoms with van der Waals surface area (Å²) < 4.78 is 45.2. The third-order valence-electron chi connectivity index (χ3n) is 3.54. The van der Waals surface area contributed by atoms with Crippen LogP contribution in [0.5, 0.6) is 0 Å². The first-order valence-electron chi connectivity index (χ1n) is 6.37. The first-order chi connectivity index (χ1) is 9.46.